The first kappa shape index (κ1) is 29.0. The molecule has 184 valence electrons. The third-order valence-corrected chi connectivity index (χ3v) is 6.87. The van der Waals surface area contributed by atoms with Crippen molar-refractivity contribution in [2.45, 2.75) is 37.2 Å². The number of hydrogen-bond donors (Lipinski definition) is 4. The molecular weight excluding hydrogens is 534 g/mol. The minimum absolute atomic E-state index is 0. The van der Waals surface area contributed by atoms with Gasteiger partial charge in [0.25, 0.3) is 5.91 Å². The number of hydrogen-bond acceptors (Lipinski definition) is 7. The molecule has 0 aliphatic heterocycles. The second kappa shape index (κ2) is 12.5. The van der Waals surface area contributed by atoms with E-state index in [0.29, 0.717) is 17.4 Å². The highest BCUT2D eigenvalue weighted by Crippen LogP contribution is 2.18. The zero-order chi connectivity index (χ0) is 23.9. The maximum atomic E-state index is 12.9. The number of anilines is 2. The first-order valence-corrected chi connectivity index (χ1v) is 12.1. The van der Waals surface area contributed by atoms with Gasteiger partial charge in [-0.1, -0.05) is 43.1 Å². The molecule has 33 heavy (non-hydrogen) atoms. The van der Waals surface area contributed by atoms with E-state index in [-0.39, 0.29) is 57.1 Å². The Morgan fingerprint density at radius 3 is 2.39 bits per heavy atom. The molecule has 0 bridgehead atoms. The number of halogens is 2. The van der Waals surface area contributed by atoms with Crippen LogP contribution in [-0.4, -0.2) is 62.1 Å². The van der Waals surface area contributed by atoms with Crippen molar-refractivity contribution in [3.8, 4) is 0 Å². The number of rotatable bonds is 11. The maximum Gasteiger partial charge on any atom is 0.273 e. The molecule has 0 spiro atoms. The third-order valence-electron chi connectivity index (χ3n) is 5.11. The van der Waals surface area contributed by atoms with Gasteiger partial charge < -0.3 is 38.2 Å². The number of nitrogens with two attached hydrogens (primary N) is 2. The molecule has 0 fully saturated rings. The molecule has 1 aromatic heterocycles. The topological polar surface area (TPSA) is 153 Å². The number of unbranched alkanes of at least 4 members (excludes halogenated alkanes) is 1. The average Bonchev–Trinajstić information content (AvgIpc) is 2.74. The maximum absolute atomic E-state index is 12.9. The fourth-order valence-corrected chi connectivity index (χ4v) is 4.64. The number of aromatic nitrogens is 2. The van der Waals surface area contributed by atoms with E-state index >= 15 is 0 Å². The molecule has 0 radical (unpaired) electrons. The average molecular weight is 565 g/mol. The summed E-state index contributed by atoms with van der Waals surface area (Å²) in [6.07, 6.45) is 2.05. The number of nitrogen functional groups attached to an aromatic ring is 2. The van der Waals surface area contributed by atoms with Crippen LogP contribution in [-0.2, 0) is 10.0 Å². The van der Waals surface area contributed by atoms with Crippen molar-refractivity contribution in [3.05, 3.63) is 41.2 Å². The van der Waals surface area contributed by atoms with Gasteiger partial charge in [0.1, 0.15) is 0 Å². The number of quaternary nitrogens is 1. The second-order valence-corrected chi connectivity index (χ2v) is 10.1. The molecule has 1 aromatic carbocycles. The lowest BCUT2D eigenvalue weighted by atomic mass is 10.2. The number of likely N-dealkylation sites (N-methyl/N-ethyl adjacent to an activating group) is 1. The van der Waals surface area contributed by atoms with Crippen molar-refractivity contribution in [2.24, 2.45) is 0 Å². The lowest BCUT2D eigenvalue weighted by Crippen LogP contribution is -3.00. The van der Waals surface area contributed by atoms with Gasteiger partial charge in [0.05, 0.1) is 32.1 Å². The van der Waals surface area contributed by atoms with Crippen LogP contribution in [0.1, 0.15) is 36.7 Å². The minimum Gasteiger partial charge on any atom is -1.00 e. The van der Waals surface area contributed by atoms with Crippen molar-refractivity contribution >= 4 is 39.2 Å². The van der Waals surface area contributed by atoms with Gasteiger partial charge in [-0.2, -0.15) is 4.72 Å². The summed E-state index contributed by atoms with van der Waals surface area (Å²) in [6.45, 7) is 2.75. The summed E-state index contributed by atoms with van der Waals surface area (Å²) >= 11 is 5.84. The molecule has 1 amide bonds. The minimum atomic E-state index is -3.69. The van der Waals surface area contributed by atoms with Crippen molar-refractivity contribution in [1.29, 1.82) is 0 Å². The van der Waals surface area contributed by atoms with Crippen LogP contribution in [0.2, 0.25) is 5.15 Å². The Labute approximate surface area is 210 Å². The number of benzene rings is 1. The molecule has 13 heteroatoms. The van der Waals surface area contributed by atoms with E-state index < -0.39 is 15.9 Å². The predicted molar refractivity (Wildman–Crippen MR) is 125 cm³/mol. The summed E-state index contributed by atoms with van der Waals surface area (Å²) in [5.41, 5.74) is 11.2. The number of nitrogens with zero attached hydrogens (tertiary/aromatic N) is 3. The van der Waals surface area contributed by atoms with E-state index in [1.165, 1.54) is 0 Å². The normalized spacial score (nSPS) is 12.6. The second-order valence-electron chi connectivity index (χ2n) is 7.98. The van der Waals surface area contributed by atoms with E-state index in [9.17, 15) is 13.2 Å². The summed E-state index contributed by atoms with van der Waals surface area (Å²) in [7, 11) is 0.136. The van der Waals surface area contributed by atoms with Crippen molar-refractivity contribution in [2.75, 3.05) is 38.7 Å². The fourth-order valence-electron chi connectivity index (χ4n) is 3.10. The lowest BCUT2D eigenvalue weighted by molar-refractivity contribution is -0.916. The van der Waals surface area contributed by atoms with Crippen molar-refractivity contribution in [3.63, 3.8) is 0 Å². The first-order valence-electron chi connectivity index (χ1n) is 10.2. The standard InChI is InChI=1S/C20H30ClN7O3S.BrH/c1-4-5-11-15(27-32(30,31)14-9-7-6-8-10-14)28(2,3)13-12-24-20(29)16-18(22)26-19(23)17(21)25-16;/h6-10,15,27H,4-5,11-13H2,1-3H3,(H4-,22,23,24,26,29);1H. The fraction of sp³-hybridized carbons (Fsp3) is 0.450. The third kappa shape index (κ3) is 8.07. The number of nitrogens with one attached hydrogen (secondary N) is 2. The molecule has 1 atom stereocenters. The summed E-state index contributed by atoms with van der Waals surface area (Å²) in [5.74, 6) is -0.704. The Balaban J connectivity index is 0.00000544. The summed E-state index contributed by atoms with van der Waals surface area (Å²) in [4.78, 5) is 20.4. The molecule has 1 heterocycles. The lowest BCUT2D eigenvalue weighted by Gasteiger charge is -2.38. The van der Waals surface area contributed by atoms with Gasteiger partial charge in [-0.15, -0.1) is 0 Å². The van der Waals surface area contributed by atoms with E-state index in [0.717, 1.165) is 12.8 Å². The van der Waals surface area contributed by atoms with Gasteiger partial charge in [-0.05, 0) is 18.6 Å². The summed E-state index contributed by atoms with van der Waals surface area (Å²) in [6, 6.07) is 8.25. The molecule has 1 unspecified atom stereocenters. The van der Waals surface area contributed by atoms with Gasteiger partial charge in [0.15, 0.2) is 28.6 Å². The van der Waals surface area contributed by atoms with Crippen LogP contribution in [0.5, 0.6) is 0 Å². The summed E-state index contributed by atoms with van der Waals surface area (Å²) < 4.78 is 28.9. The number of amides is 1. The Kier molecular flexibility index (Phi) is 11.0. The molecular formula is C20H31BrClN7O3S. The molecule has 2 rings (SSSR count). The SMILES string of the molecule is CCCCC(NS(=O)(=O)c1ccccc1)[N+](C)(C)CCNC(=O)c1nc(Cl)c(N)nc1N.[Br-]. The highest BCUT2D eigenvalue weighted by atomic mass is 79.9. The van der Waals surface area contributed by atoms with Gasteiger partial charge in [-0.3, -0.25) is 4.79 Å². The summed E-state index contributed by atoms with van der Waals surface area (Å²) in [5, 5.41) is 2.63. The number of carbonyl (C=O) groups excluding carboxylic acids is 1. The first-order chi connectivity index (χ1) is 15.0. The number of carbonyl (C=O) groups is 1. The van der Waals surface area contributed by atoms with Crippen molar-refractivity contribution < 1.29 is 34.7 Å². The van der Waals surface area contributed by atoms with E-state index in [1.54, 1.807) is 30.3 Å². The van der Waals surface area contributed by atoms with Crippen molar-refractivity contribution in [1.82, 2.24) is 20.0 Å². The van der Waals surface area contributed by atoms with E-state index in [1.807, 2.05) is 21.0 Å². The van der Waals surface area contributed by atoms with E-state index in [2.05, 4.69) is 20.0 Å². The largest absolute Gasteiger partial charge is 1.00 e. The van der Waals surface area contributed by atoms with Crippen LogP contribution >= 0.6 is 11.6 Å². The van der Waals surface area contributed by atoms with Gasteiger partial charge >= 0.3 is 0 Å². The molecule has 0 aliphatic carbocycles. The highest BCUT2D eigenvalue weighted by Gasteiger charge is 2.32. The molecule has 10 nitrogen and oxygen atoms in total. The smallest absolute Gasteiger partial charge is 0.273 e. The number of sulfonamides is 1. The molecule has 0 saturated carbocycles. The molecule has 2 aromatic rings. The monoisotopic (exact) mass is 563 g/mol. The van der Waals surface area contributed by atoms with Gasteiger partial charge in [0, 0.05) is 6.42 Å². The quantitative estimate of drug-likeness (QED) is 0.193. The molecule has 0 aliphatic rings. The Hall–Kier alpha value is -1.99. The Morgan fingerprint density at radius 2 is 1.79 bits per heavy atom. The molecule has 0 saturated heterocycles. The van der Waals surface area contributed by atoms with Crippen LogP contribution in [0.15, 0.2) is 35.2 Å². The van der Waals surface area contributed by atoms with Crippen LogP contribution in [0.3, 0.4) is 0 Å². The highest BCUT2D eigenvalue weighted by molar-refractivity contribution is 7.89. The Morgan fingerprint density at radius 1 is 1.15 bits per heavy atom. The van der Waals surface area contributed by atoms with Crippen LogP contribution < -0.4 is 38.5 Å². The zero-order valence-electron chi connectivity index (χ0n) is 18.9. The van der Waals surface area contributed by atoms with Gasteiger partial charge in [0.2, 0.25) is 10.0 Å². The zero-order valence-corrected chi connectivity index (χ0v) is 22.0. The molecule has 6 N–H and O–H groups in total. The van der Waals surface area contributed by atoms with E-state index in [4.69, 9.17) is 23.1 Å². The predicted octanol–water partition coefficient (Wildman–Crippen LogP) is -1.40. The van der Waals surface area contributed by atoms with Crippen LogP contribution in [0.4, 0.5) is 11.6 Å². The van der Waals surface area contributed by atoms with Crippen LogP contribution in [0.25, 0.3) is 0 Å². The van der Waals surface area contributed by atoms with Gasteiger partial charge in [-0.25, -0.2) is 18.4 Å². The Bertz CT molecular complexity index is 1040. The van der Waals surface area contributed by atoms with Crippen LogP contribution in [0, 0.1) is 0 Å².